The predicted octanol–water partition coefficient (Wildman–Crippen LogP) is 4.68. The van der Waals surface area contributed by atoms with Crippen molar-refractivity contribution >= 4 is 45.9 Å². The lowest BCUT2D eigenvalue weighted by molar-refractivity contribution is 0.682. The summed E-state index contributed by atoms with van der Waals surface area (Å²) in [5.41, 5.74) is 3.39. The molecule has 0 bridgehead atoms. The zero-order valence-electron chi connectivity index (χ0n) is 15.3. The SMILES string of the molecule is CN=C(NCc1cccc(-n2cccn2)c1)NC(C)c1ccccc1Br.I. The number of nitrogens with one attached hydrogen (secondary N) is 2. The fraction of sp³-hybridized carbons (Fsp3) is 0.200. The summed E-state index contributed by atoms with van der Waals surface area (Å²) in [5, 5.41) is 11.1. The van der Waals surface area contributed by atoms with Crippen LogP contribution in [0.25, 0.3) is 5.69 Å². The lowest BCUT2D eigenvalue weighted by atomic mass is 10.1. The maximum absolute atomic E-state index is 4.33. The Kier molecular flexibility index (Phi) is 8.30. The molecule has 142 valence electrons. The van der Waals surface area contributed by atoms with Gasteiger partial charge in [-0.3, -0.25) is 4.99 Å². The van der Waals surface area contributed by atoms with Gasteiger partial charge in [0.15, 0.2) is 5.96 Å². The molecule has 0 saturated carbocycles. The molecule has 5 nitrogen and oxygen atoms in total. The largest absolute Gasteiger partial charge is 0.352 e. The zero-order valence-corrected chi connectivity index (χ0v) is 19.2. The Hall–Kier alpha value is -1.87. The van der Waals surface area contributed by atoms with Crippen molar-refractivity contribution in [1.29, 1.82) is 0 Å². The number of halogens is 2. The van der Waals surface area contributed by atoms with E-state index in [0.717, 1.165) is 21.7 Å². The molecule has 0 fully saturated rings. The van der Waals surface area contributed by atoms with Gasteiger partial charge in [-0.05, 0) is 42.3 Å². The average molecular weight is 540 g/mol. The van der Waals surface area contributed by atoms with Crippen LogP contribution in [0.5, 0.6) is 0 Å². The maximum Gasteiger partial charge on any atom is 0.191 e. The molecule has 0 aliphatic carbocycles. The molecule has 1 atom stereocenters. The fourth-order valence-corrected chi connectivity index (χ4v) is 3.35. The lowest BCUT2D eigenvalue weighted by Gasteiger charge is -2.19. The number of nitrogens with zero attached hydrogens (tertiary/aromatic N) is 3. The van der Waals surface area contributed by atoms with E-state index in [1.807, 2.05) is 47.3 Å². The molecule has 27 heavy (non-hydrogen) atoms. The van der Waals surface area contributed by atoms with Crippen LogP contribution >= 0.6 is 39.9 Å². The summed E-state index contributed by atoms with van der Waals surface area (Å²) in [4.78, 5) is 4.33. The highest BCUT2D eigenvalue weighted by molar-refractivity contribution is 14.0. The molecule has 3 rings (SSSR count). The molecular formula is C20H23BrIN5. The van der Waals surface area contributed by atoms with Crippen molar-refractivity contribution in [2.45, 2.75) is 19.5 Å². The molecule has 3 aromatic rings. The molecular weight excluding hydrogens is 517 g/mol. The third-order valence-electron chi connectivity index (χ3n) is 4.09. The minimum absolute atomic E-state index is 0. The predicted molar refractivity (Wildman–Crippen MR) is 125 cm³/mol. The van der Waals surface area contributed by atoms with Crippen molar-refractivity contribution in [1.82, 2.24) is 20.4 Å². The standard InChI is InChI=1S/C20H22BrN5.HI/c1-15(18-9-3-4-10-19(18)21)25-20(22-2)23-14-16-7-5-8-17(13-16)26-12-6-11-24-26;/h3-13,15H,14H2,1-2H3,(H2,22,23,25);1H. The van der Waals surface area contributed by atoms with E-state index in [1.54, 1.807) is 13.2 Å². The monoisotopic (exact) mass is 539 g/mol. The van der Waals surface area contributed by atoms with Crippen LogP contribution in [0.2, 0.25) is 0 Å². The van der Waals surface area contributed by atoms with Crippen LogP contribution in [-0.2, 0) is 6.54 Å². The topological polar surface area (TPSA) is 54.2 Å². The number of guanidine groups is 1. The van der Waals surface area contributed by atoms with Crippen LogP contribution in [0.4, 0.5) is 0 Å². The molecule has 2 N–H and O–H groups in total. The highest BCUT2D eigenvalue weighted by Gasteiger charge is 2.10. The number of hydrogen-bond acceptors (Lipinski definition) is 2. The fourth-order valence-electron chi connectivity index (χ4n) is 2.72. The quantitative estimate of drug-likeness (QED) is 0.281. The van der Waals surface area contributed by atoms with Crippen LogP contribution in [-0.4, -0.2) is 22.8 Å². The Balaban J connectivity index is 0.00000261. The molecule has 2 aromatic carbocycles. The van der Waals surface area contributed by atoms with Gasteiger partial charge in [0, 0.05) is 30.5 Å². The van der Waals surface area contributed by atoms with Gasteiger partial charge >= 0.3 is 0 Å². The van der Waals surface area contributed by atoms with Gasteiger partial charge in [0.1, 0.15) is 0 Å². The highest BCUT2D eigenvalue weighted by Crippen LogP contribution is 2.22. The summed E-state index contributed by atoms with van der Waals surface area (Å²) in [6.07, 6.45) is 3.71. The van der Waals surface area contributed by atoms with Crippen molar-refractivity contribution in [3.05, 3.63) is 82.6 Å². The number of aliphatic imine (C=N–C) groups is 1. The molecule has 1 unspecified atom stereocenters. The normalized spacial score (nSPS) is 12.2. The second kappa shape index (κ2) is 10.5. The minimum Gasteiger partial charge on any atom is -0.352 e. The van der Waals surface area contributed by atoms with Gasteiger partial charge in [0.05, 0.1) is 11.7 Å². The van der Waals surface area contributed by atoms with Gasteiger partial charge in [0.2, 0.25) is 0 Å². The molecule has 0 spiro atoms. The van der Waals surface area contributed by atoms with E-state index in [9.17, 15) is 0 Å². The molecule has 0 aliphatic heterocycles. The number of benzene rings is 2. The van der Waals surface area contributed by atoms with E-state index >= 15 is 0 Å². The summed E-state index contributed by atoms with van der Waals surface area (Å²) in [6, 6.07) is 18.5. The molecule has 0 saturated heterocycles. The van der Waals surface area contributed by atoms with Crippen molar-refractivity contribution in [2.75, 3.05) is 7.05 Å². The summed E-state index contributed by atoms with van der Waals surface area (Å²) < 4.78 is 2.94. The summed E-state index contributed by atoms with van der Waals surface area (Å²) >= 11 is 3.60. The van der Waals surface area contributed by atoms with Crippen LogP contribution < -0.4 is 10.6 Å². The van der Waals surface area contributed by atoms with E-state index in [1.165, 1.54) is 5.56 Å². The smallest absolute Gasteiger partial charge is 0.191 e. The van der Waals surface area contributed by atoms with E-state index in [2.05, 4.69) is 61.8 Å². The maximum atomic E-state index is 4.33. The highest BCUT2D eigenvalue weighted by atomic mass is 127. The van der Waals surface area contributed by atoms with E-state index in [0.29, 0.717) is 6.54 Å². The first-order chi connectivity index (χ1) is 12.7. The minimum atomic E-state index is 0. The van der Waals surface area contributed by atoms with Crippen LogP contribution in [0.1, 0.15) is 24.1 Å². The Morgan fingerprint density at radius 1 is 1.19 bits per heavy atom. The molecule has 0 amide bonds. The van der Waals surface area contributed by atoms with E-state index in [-0.39, 0.29) is 30.0 Å². The van der Waals surface area contributed by atoms with Crippen LogP contribution in [0.15, 0.2) is 76.5 Å². The zero-order chi connectivity index (χ0) is 18.4. The third kappa shape index (κ3) is 5.80. The first-order valence-corrected chi connectivity index (χ1v) is 9.27. The summed E-state index contributed by atoms with van der Waals surface area (Å²) in [5.74, 6) is 0.762. The molecule has 0 aliphatic rings. The number of rotatable bonds is 5. The van der Waals surface area contributed by atoms with Crippen molar-refractivity contribution in [2.24, 2.45) is 4.99 Å². The van der Waals surface area contributed by atoms with Gasteiger partial charge in [-0.2, -0.15) is 5.10 Å². The van der Waals surface area contributed by atoms with Gasteiger partial charge < -0.3 is 10.6 Å². The van der Waals surface area contributed by atoms with Gasteiger partial charge in [-0.25, -0.2) is 4.68 Å². The second-order valence-corrected chi connectivity index (χ2v) is 6.79. The summed E-state index contributed by atoms with van der Waals surface area (Å²) in [6.45, 7) is 2.79. The average Bonchev–Trinajstić information content (AvgIpc) is 3.20. The van der Waals surface area contributed by atoms with Crippen LogP contribution in [0, 0.1) is 0 Å². The van der Waals surface area contributed by atoms with Gasteiger partial charge in [-0.1, -0.05) is 46.3 Å². The second-order valence-electron chi connectivity index (χ2n) is 5.93. The first kappa shape index (κ1) is 21.4. The van der Waals surface area contributed by atoms with Crippen LogP contribution in [0.3, 0.4) is 0 Å². The van der Waals surface area contributed by atoms with Crippen molar-refractivity contribution < 1.29 is 0 Å². The third-order valence-corrected chi connectivity index (χ3v) is 4.81. The lowest BCUT2D eigenvalue weighted by Crippen LogP contribution is -2.38. The summed E-state index contributed by atoms with van der Waals surface area (Å²) in [7, 11) is 1.78. The Morgan fingerprint density at radius 2 is 2.00 bits per heavy atom. The molecule has 1 aromatic heterocycles. The Morgan fingerprint density at radius 3 is 2.70 bits per heavy atom. The van der Waals surface area contributed by atoms with E-state index < -0.39 is 0 Å². The van der Waals surface area contributed by atoms with E-state index in [4.69, 9.17) is 0 Å². The molecule has 7 heteroatoms. The molecule has 1 heterocycles. The van der Waals surface area contributed by atoms with Crippen molar-refractivity contribution in [3.8, 4) is 5.69 Å². The van der Waals surface area contributed by atoms with Gasteiger partial charge in [0.25, 0.3) is 0 Å². The first-order valence-electron chi connectivity index (χ1n) is 8.48. The van der Waals surface area contributed by atoms with Crippen molar-refractivity contribution in [3.63, 3.8) is 0 Å². The number of aromatic nitrogens is 2. The number of hydrogen-bond donors (Lipinski definition) is 2. The Labute approximate surface area is 185 Å². The Bertz CT molecular complexity index is 880. The van der Waals surface area contributed by atoms with Gasteiger partial charge in [-0.15, -0.1) is 24.0 Å². The molecule has 0 radical (unpaired) electrons.